The molecule has 2 atom stereocenters. The van der Waals surface area contributed by atoms with Gasteiger partial charge < -0.3 is 20.5 Å². The third kappa shape index (κ3) is 4.07. The quantitative estimate of drug-likeness (QED) is 0.656. The van der Waals surface area contributed by atoms with Gasteiger partial charge in [-0.2, -0.15) is 4.98 Å². The van der Waals surface area contributed by atoms with Crippen molar-refractivity contribution in [3.05, 3.63) is 30.2 Å². The van der Waals surface area contributed by atoms with Gasteiger partial charge in [-0.1, -0.05) is 0 Å². The van der Waals surface area contributed by atoms with E-state index in [0.29, 0.717) is 17.5 Å². The van der Waals surface area contributed by atoms with Crippen molar-refractivity contribution in [3.63, 3.8) is 0 Å². The molecule has 2 saturated heterocycles. The molecule has 7 nitrogen and oxygen atoms in total. The maximum absolute atomic E-state index is 14.4. The summed E-state index contributed by atoms with van der Waals surface area (Å²) in [6.45, 7) is 5.68. The van der Waals surface area contributed by atoms with Gasteiger partial charge in [-0.15, -0.1) is 0 Å². The summed E-state index contributed by atoms with van der Waals surface area (Å²) in [5, 5.41) is 16.1. The predicted octanol–water partition coefficient (Wildman–Crippen LogP) is 3.89. The lowest BCUT2D eigenvalue weighted by Crippen LogP contribution is -2.55. The number of anilines is 3. The number of nitrogens with one attached hydrogen (secondary N) is 2. The van der Waals surface area contributed by atoms with E-state index in [2.05, 4.69) is 39.3 Å². The first-order valence-corrected chi connectivity index (χ1v) is 10.1. The molecular formula is C21H28FN5O2. The van der Waals surface area contributed by atoms with Gasteiger partial charge >= 0.3 is 0 Å². The zero-order chi connectivity index (χ0) is 20.6. The summed E-state index contributed by atoms with van der Waals surface area (Å²) in [4.78, 5) is 11.0. The molecule has 2 fully saturated rings. The van der Waals surface area contributed by atoms with Gasteiger partial charge in [0.2, 0.25) is 5.95 Å². The molecule has 0 spiro atoms. The molecule has 1 aromatic carbocycles. The van der Waals surface area contributed by atoms with E-state index in [1.807, 2.05) is 0 Å². The monoisotopic (exact) mass is 401 g/mol. The topological polar surface area (TPSA) is 82.5 Å². The number of methoxy groups -OCH3 is 1. The zero-order valence-electron chi connectivity index (χ0n) is 17.1. The fourth-order valence-corrected chi connectivity index (χ4v) is 4.73. The highest BCUT2D eigenvalue weighted by Gasteiger charge is 2.43. The number of rotatable bonds is 5. The number of phenols is 1. The minimum absolute atomic E-state index is 0.0429. The number of hydrogen-bond donors (Lipinski definition) is 3. The van der Waals surface area contributed by atoms with Gasteiger partial charge in [0.15, 0.2) is 23.1 Å². The fraction of sp³-hybridized carbons (Fsp3) is 0.524. The fourth-order valence-electron chi connectivity index (χ4n) is 4.73. The average Bonchev–Trinajstić information content (AvgIpc) is 3.15. The Bertz CT molecular complexity index is 891. The van der Waals surface area contributed by atoms with Crippen LogP contribution in [0.1, 0.15) is 39.5 Å². The van der Waals surface area contributed by atoms with Crippen molar-refractivity contribution in [1.82, 2.24) is 14.9 Å². The van der Waals surface area contributed by atoms with E-state index in [0.717, 1.165) is 19.4 Å². The largest absolute Gasteiger partial charge is 0.504 e. The smallest absolute Gasteiger partial charge is 0.229 e. The number of fused-ring (bicyclic) bond motifs is 1. The van der Waals surface area contributed by atoms with E-state index in [9.17, 15) is 9.50 Å². The highest BCUT2D eigenvalue weighted by Crippen LogP contribution is 2.38. The van der Waals surface area contributed by atoms with Crippen LogP contribution < -0.4 is 15.4 Å². The van der Waals surface area contributed by atoms with Crippen LogP contribution in [0.25, 0.3) is 0 Å². The highest BCUT2D eigenvalue weighted by molar-refractivity contribution is 5.60. The first kappa shape index (κ1) is 19.7. The molecule has 0 radical (unpaired) electrons. The van der Waals surface area contributed by atoms with Crippen molar-refractivity contribution >= 4 is 17.5 Å². The van der Waals surface area contributed by atoms with Crippen LogP contribution in [-0.4, -0.2) is 51.3 Å². The lowest BCUT2D eigenvalue weighted by Gasteiger charge is -2.47. The Hall–Kier alpha value is -2.61. The minimum atomic E-state index is -0.467. The van der Waals surface area contributed by atoms with Crippen LogP contribution in [0, 0.1) is 5.82 Å². The lowest BCUT2D eigenvalue weighted by molar-refractivity contribution is 0.0500. The number of hydrogen-bond acceptors (Lipinski definition) is 7. The molecule has 1 aromatic heterocycles. The minimum Gasteiger partial charge on any atom is -0.504 e. The summed E-state index contributed by atoms with van der Waals surface area (Å²) in [5.74, 6) is 0.396. The van der Waals surface area contributed by atoms with E-state index >= 15 is 0 Å². The van der Waals surface area contributed by atoms with Gasteiger partial charge in [0, 0.05) is 29.4 Å². The van der Waals surface area contributed by atoms with Crippen molar-refractivity contribution in [1.29, 1.82) is 0 Å². The van der Waals surface area contributed by atoms with Gasteiger partial charge in [-0.3, -0.25) is 4.90 Å². The molecule has 3 N–H and O–H groups in total. The van der Waals surface area contributed by atoms with Crippen LogP contribution in [0.5, 0.6) is 11.5 Å². The second-order valence-corrected chi connectivity index (χ2v) is 8.48. The van der Waals surface area contributed by atoms with Crippen LogP contribution >= 0.6 is 0 Å². The Kier molecular flexibility index (Phi) is 5.21. The molecule has 4 rings (SSSR count). The first-order valence-electron chi connectivity index (χ1n) is 10.1. The maximum Gasteiger partial charge on any atom is 0.229 e. The molecule has 0 bridgehead atoms. The molecule has 156 valence electrons. The number of benzene rings is 1. The summed E-state index contributed by atoms with van der Waals surface area (Å²) in [7, 11) is 1.48. The number of piperidine rings is 1. The first-order chi connectivity index (χ1) is 13.9. The van der Waals surface area contributed by atoms with Crippen LogP contribution in [0.4, 0.5) is 21.8 Å². The Labute approximate surface area is 170 Å². The summed E-state index contributed by atoms with van der Waals surface area (Å²) >= 11 is 0. The summed E-state index contributed by atoms with van der Waals surface area (Å²) in [6, 6.07) is 5.53. The van der Waals surface area contributed by atoms with E-state index in [-0.39, 0.29) is 29.1 Å². The van der Waals surface area contributed by atoms with E-state index in [1.165, 1.54) is 32.2 Å². The molecule has 2 aromatic rings. The summed E-state index contributed by atoms with van der Waals surface area (Å²) in [6.07, 6.45) is 5.52. The lowest BCUT2D eigenvalue weighted by atomic mass is 9.84. The molecule has 2 aliphatic rings. The summed E-state index contributed by atoms with van der Waals surface area (Å²) in [5.41, 5.74) is 0.724. The molecule has 2 aliphatic heterocycles. The number of halogens is 1. The second kappa shape index (κ2) is 7.67. The van der Waals surface area contributed by atoms with Crippen LogP contribution in [0.2, 0.25) is 0 Å². The van der Waals surface area contributed by atoms with Crippen molar-refractivity contribution in [2.24, 2.45) is 0 Å². The Morgan fingerprint density at radius 3 is 2.97 bits per heavy atom. The number of phenolic OH excluding ortho intramolecular Hbond substituents is 1. The third-order valence-corrected chi connectivity index (χ3v) is 5.98. The second-order valence-electron chi connectivity index (χ2n) is 8.48. The van der Waals surface area contributed by atoms with Gasteiger partial charge in [0.25, 0.3) is 0 Å². The molecule has 0 amide bonds. The van der Waals surface area contributed by atoms with Crippen molar-refractivity contribution in [2.45, 2.75) is 57.2 Å². The van der Waals surface area contributed by atoms with E-state index in [1.54, 1.807) is 12.1 Å². The molecule has 0 unspecified atom stereocenters. The standard InChI is InChI=1S/C21H28FN5O2/c1-21(2)11-14(9-15-5-4-8-27(15)21)24-19-16(22)12-23-20(26-19)25-13-6-7-17(28)18(10-13)29-3/h6-7,10,12,14-15,28H,4-5,8-9,11H2,1-3H3,(H2,23,24,25,26)/t14-,15-/m1/s1. The normalized spacial score (nSPS) is 23.4. The molecule has 8 heteroatoms. The molecule has 29 heavy (non-hydrogen) atoms. The SMILES string of the molecule is COc1cc(Nc2ncc(F)c(N[C@@H]3C[C@H]4CCCN4C(C)(C)C3)n2)ccc1O. The number of ether oxygens (including phenoxy) is 1. The van der Waals surface area contributed by atoms with Crippen molar-refractivity contribution < 1.29 is 14.2 Å². The zero-order valence-corrected chi connectivity index (χ0v) is 17.1. The van der Waals surface area contributed by atoms with E-state index < -0.39 is 5.82 Å². The molecule has 3 heterocycles. The predicted molar refractivity (Wildman–Crippen MR) is 110 cm³/mol. The van der Waals surface area contributed by atoms with Gasteiger partial charge in [-0.25, -0.2) is 9.37 Å². The maximum atomic E-state index is 14.4. The third-order valence-electron chi connectivity index (χ3n) is 5.98. The van der Waals surface area contributed by atoms with Crippen LogP contribution in [0.3, 0.4) is 0 Å². The highest BCUT2D eigenvalue weighted by atomic mass is 19.1. The van der Waals surface area contributed by atoms with Crippen LogP contribution in [0.15, 0.2) is 24.4 Å². The molecule has 0 saturated carbocycles. The number of nitrogens with zero attached hydrogens (tertiary/aromatic N) is 3. The Morgan fingerprint density at radius 1 is 1.34 bits per heavy atom. The Balaban J connectivity index is 1.50. The van der Waals surface area contributed by atoms with Gasteiger partial charge in [0.05, 0.1) is 13.3 Å². The van der Waals surface area contributed by atoms with Crippen molar-refractivity contribution in [3.8, 4) is 11.5 Å². The van der Waals surface area contributed by atoms with Gasteiger partial charge in [-0.05, 0) is 58.2 Å². The van der Waals surface area contributed by atoms with Crippen molar-refractivity contribution in [2.75, 3.05) is 24.3 Å². The van der Waals surface area contributed by atoms with E-state index in [4.69, 9.17) is 4.74 Å². The molecular weight excluding hydrogens is 373 g/mol. The number of aromatic nitrogens is 2. The molecule has 0 aliphatic carbocycles. The average molecular weight is 401 g/mol. The summed E-state index contributed by atoms with van der Waals surface area (Å²) < 4.78 is 19.5. The number of aromatic hydroxyl groups is 1. The van der Waals surface area contributed by atoms with Gasteiger partial charge in [0.1, 0.15) is 0 Å². The Morgan fingerprint density at radius 2 is 2.17 bits per heavy atom. The van der Waals surface area contributed by atoms with Crippen LogP contribution in [-0.2, 0) is 0 Å².